The van der Waals surface area contributed by atoms with Gasteiger partial charge in [0.1, 0.15) is 10.1 Å². The molecule has 0 aromatic heterocycles. The second-order valence-electron chi connectivity index (χ2n) is 4.39. The number of hydrogen-bond acceptors (Lipinski definition) is 5. The van der Waals surface area contributed by atoms with Gasteiger partial charge in [-0.15, -0.1) is 0 Å². The zero-order valence-electron chi connectivity index (χ0n) is 10.9. The molecular weight excluding hydrogens is 299 g/mol. The summed E-state index contributed by atoms with van der Waals surface area (Å²) in [5, 5.41) is 0. The molecule has 2 N–H and O–H groups in total. The number of hydrazine groups is 1. The van der Waals surface area contributed by atoms with Gasteiger partial charge in [0.15, 0.2) is 0 Å². The van der Waals surface area contributed by atoms with Crippen molar-refractivity contribution in [1.82, 2.24) is 15.2 Å². The van der Waals surface area contributed by atoms with Crippen LogP contribution in [0.3, 0.4) is 0 Å². The van der Waals surface area contributed by atoms with Crippen molar-refractivity contribution >= 4 is 39.9 Å². The zero-order chi connectivity index (χ0) is 14.5. The van der Waals surface area contributed by atoms with E-state index in [1.165, 1.54) is 23.9 Å². The second kappa shape index (κ2) is 6.87. The number of nitrogens with one attached hydrogen (secondary N) is 2. The van der Waals surface area contributed by atoms with Crippen LogP contribution in [0.15, 0.2) is 24.3 Å². The molecule has 1 aromatic rings. The molecule has 0 atom stereocenters. The lowest BCUT2D eigenvalue weighted by molar-refractivity contribution is -0.121. The smallest absolute Gasteiger partial charge is 0.252 e. The summed E-state index contributed by atoms with van der Waals surface area (Å²) in [5.74, 6) is 0.231. The molecular formula is C12H15FN4OS2. The van der Waals surface area contributed by atoms with Gasteiger partial charge in [-0.3, -0.25) is 20.5 Å². The van der Waals surface area contributed by atoms with Gasteiger partial charge in [-0.25, -0.2) is 4.39 Å². The van der Waals surface area contributed by atoms with Crippen LogP contribution in [0.5, 0.6) is 0 Å². The summed E-state index contributed by atoms with van der Waals surface area (Å²) in [7, 11) is 1.90. The Bertz CT molecular complexity index is 497. The molecule has 0 saturated carbocycles. The summed E-state index contributed by atoms with van der Waals surface area (Å²) in [4.78, 5) is 15.7. The van der Waals surface area contributed by atoms with E-state index in [-0.39, 0.29) is 18.3 Å². The first-order valence-electron chi connectivity index (χ1n) is 5.95. The third-order valence-corrected chi connectivity index (χ3v) is 4.37. The summed E-state index contributed by atoms with van der Waals surface area (Å²) < 4.78 is 13.6. The van der Waals surface area contributed by atoms with Crippen molar-refractivity contribution in [1.29, 1.82) is 0 Å². The molecule has 1 aromatic carbocycles. The topological polar surface area (TPSA) is 47.6 Å². The molecule has 1 heterocycles. The van der Waals surface area contributed by atoms with E-state index in [4.69, 9.17) is 12.2 Å². The Labute approximate surface area is 126 Å². The number of amides is 1. The van der Waals surface area contributed by atoms with E-state index < -0.39 is 0 Å². The molecule has 0 radical (unpaired) electrons. The Kier molecular flexibility index (Phi) is 5.16. The number of carbonyl (C=O) groups is 1. The van der Waals surface area contributed by atoms with Crippen LogP contribution in [-0.2, 0) is 4.79 Å². The molecule has 5 nitrogen and oxygen atoms in total. The van der Waals surface area contributed by atoms with E-state index in [2.05, 4.69) is 10.9 Å². The van der Waals surface area contributed by atoms with Crippen LogP contribution in [0.25, 0.3) is 0 Å². The second-order valence-corrected chi connectivity index (χ2v) is 5.97. The minimum absolute atomic E-state index is 0.156. The highest BCUT2D eigenvalue weighted by Crippen LogP contribution is 2.16. The molecule has 0 aliphatic carbocycles. The Morgan fingerprint density at radius 3 is 2.80 bits per heavy atom. The van der Waals surface area contributed by atoms with Gasteiger partial charge in [-0.2, -0.15) is 0 Å². The summed E-state index contributed by atoms with van der Waals surface area (Å²) in [6.45, 7) is 0.907. The number of hydrogen-bond donors (Lipinski definition) is 2. The Morgan fingerprint density at radius 2 is 2.15 bits per heavy atom. The fourth-order valence-electron chi connectivity index (χ4n) is 1.67. The van der Waals surface area contributed by atoms with E-state index in [1.54, 1.807) is 12.1 Å². The van der Waals surface area contributed by atoms with Crippen LogP contribution in [0, 0.1) is 5.82 Å². The van der Waals surface area contributed by atoms with E-state index in [9.17, 15) is 9.18 Å². The SMILES string of the molecule is CN1CN(CC(=O)NNc2ccc(F)cc2)CSC1=S. The van der Waals surface area contributed by atoms with Crippen LogP contribution in [0.1, 0.15) is 0 Å². The molecule has 1 aliphatic heterocycles. The Morgan fingerprint density at radius 1 is 1.45 bits per heavy atom. The van der Waals surface area contributed by atoms with Crippen molar-refractivity contribution in [3.05, 3.63) is 30.1 Å². The minimum atomic E-state index is -0.314. The number of thioether (sulfide) groups is 1. The van der Waals surface area contributed by atoms with Crippen LogP contribution < -0.4 is 10.9 Å². The van der Waals surface area contributed by atoms with Crippen LogP contribution in [-0.4, -0.2) is 46.2 Å². The summed E-state index contributed by atoms with van der Waals surface area (Å²) in [6, 6.07) is 5.76. The lowest BCUT2D eigenvalue weighted by atomic mass is 10.3. The number of halogens is 1. The molecule has 0 bridgehead atoms. The van der Waals surface area contributed by atoms with Crippen molar-refractivity contribution in [2.75, 3.05) is 31.6 Å². The largest absolute Gasteiger partial charge is 0.348 e. The summed E-state index contributed by atoms with van der Waals surface area (Å²) >= 11 is 6.67. The van der Waals surface area contributed by atoms with Crippen molar-refractivity contribution in [3.8, 4) is 0 Å². The maximum Gasteiger partial charge on any atom is 0.252 e. The third-order valence-electron chi connectivity index (χ3n) is 2.65. The molecule has 1 saturated heterocycles. The van der Waals surface area contributed by atoms with Crippen molar-refractivity contribution in [2.45, 2.75) is 0 Å². The standard InChI is InChI=1S/C12H15FN4OS2/c1-16-7-17(8-20-12(16)19)6-11(18)15-14-10-4-2-9(13)3-5-10/h2-5,14H,6-8H2,1H3,(H,15,18). The molecule has 0 unspecified atom stereocenters. The lowest BCUT2D eigenvalue weighted by Gasteiger charge is -2.33. The van der Waals surface area contributed by atoms with Crippen molar-refractivity contribution in [3.63, 3.8) is 0 Å². The van der Waals surface area contributed by atoms with Crippen LogP contribution in [0.2, 0.25) is 0 Å². The first-order valence-corrected chi connectivity index (χ1v) is 7.34. The molecule has 20 heavy (non-hydrogen) atoms. The van der Waals surface area contributed by atoms with E-state index in [0.29, 0.717) is 18.2 Å². The summed E-state index contributed by atoms with van der Waals surface area (Å²) in [5.41, 5.74) is 5.95. The maximum absolute atomic E-state index is 12.7. The predicted molar refractivity (Wildman–Crippen MR) is 82.6 cm³/mol. The van der Waals surface area contributed by atoms with Gasteiger partial charge in [0, 0.05) is 7.05 Å². The average molecular weight is 314 g/mol. The highest BCUT2D eigenvalue weighted by Gasteiger charge is 2.20. The molecule has 1 amide bonds. The maximum atomic E-state index is 12.7. The van der Waals surface area contributed by atoms with Crippen molar-refractivity contribution < 1.29 is 9.18 Å². The monoisotopic (exact) mass is 314 g/mol. The molecule has 1 fully saturated rings. The number of thiocarbonyl (C=S) groups is 1. The van der Waals surface area contributed by atoms with E-state index in [1.807, 2.05) is 16.8 Å². The molecule has 1 aliphatic rings. The van der Waals surface area contributed by atoms with Gasteiger partial charge in [0.2, 0.25) is 0 Å². The Hall–Kier alpha value is -1.38. The van der Waals surface area contributed by atoms with Gasteiger partial charge in [0.25, 0.3) is 5.91 Å². The number of rotatable bonds is 4. The number of anilines is 1. The molecule has 108 valence electrons. The van der Waals surface area contributed by atoms with E-state index >= 15 is 0 Å². The number of nitrogens with zero attached hydrogens (tertiary/aromatic N) is 2. The minimum Gasteiger partial charge on any atom is -0.348 e. The predicted octanol–water partition coefficient (Wildman–Crippen LogP) is 1.45. The first-order chi connectivity index (χ1) is 9.54. The first kappa shape index (κ1) is 15.0. The molecule has 2 rings (SSSR count). The Balaban J connectivity index is 1.75. The number of carbonyl (C=O) groups excluding carboxylic acids is 1. The zero-order valence-corrected chi connectivity index (χ0v) is 12.6. The highest BCUT2D eigenvalue weighted by atomic mass is 32.2. The highest BCUT2D eigenvalue weighted by molar-refractivity contribution is 8.22. The van der Waals surface area contributed by atoms with E-state index in [0.717, 1.165) is 4.32 Å². The molecule has 0 spiro atoms. The lowest BCUT2D eigenvalue weighted by Crippen LogP contribution is -2.47. The van der Waals surface area contributed by atoms with Gasteiger partial charge >= 0.3 is 0 Å². The van der Waals surface area contributed by atoms with Crippen molar-refractivity contribution in [2.24, 2.45) is 0 Å². The normalized spacial score (nSPS) is 16.1. The fourth-order valence-corrected chi connectivity index (χ4v) is 2.63. The molecule has 8 heteroatoms. The van der Waals surface area contributed by atoms with Gasteiger partial charge < -0.3 is 4.90 Å². The summed E-state index contributed by atoms with van der Waals surface area (Å²) in [6.07, 6.45) is 0. The van der Waals surface area contributed by atoms with Gasteiger partial charge in [-0.05, 0) is 24.3 Å². The quantitative estimate of drug-likeness (QED) is 0.648. The number of benzene rings is 1. The average Bonchev–Trinajstić information content (AvgIpc) is 2.42. The van der Waals surface area contributed by atoms with Crippen LogP contribution >= 0.6 is 24.0 Å². The third kappa shape index (κ3) is 4.32. The van der Waals surface area contributed by atoms with Gasteiger partial charge in [0.05, 0.1) is 24.8 Å². The van der Waals surface area contributed by atoms with Crippen LogP contribution in [0.4, 0.5) is 10.1 Å². The van der Waals surface area contributed by atoms with Gasteiger partial charge in [-0.1, -0.05) is 24.0 Å². The fraction of sp³-hybridized carbons (Fsp3) is 0.333.